The van der Waals surface area contributed by atoms with Gasteiger partial charge in [-0.2, -0.15) is 0 Å². The lowest BCUT2D eigenvalue weighted by Crippen LogP contribution is -2.56. The van der Waals surface area contributed by atoms with E-state index in [0.29, 0.717) is 26.2 Å². The molecule has 0 saturated carbocycles. The zero-order valence-electron chi connectivity index (χ0n) is 14.3. The summed E-state index contributed by atoms with van der Waals surface area (Å²) in [4.78, 5) is 8.53. The topological polar surface area (TPSA) is 93.9 Å². The van der Waals surface area contributed by atoms with E-state index in [0.717, 1.165) is 38.3 Å². The van der Waals surface area contributed by atoms with Crippen molar-refractivity contribution in [3.05, 3.63) is 0 Å². The van der Waals surface area contributed by atoms with E-state index in [1.54, 1.807) is 0 Å². The van der Waals surface area contributed by atoms with Gasteiger partial charge in [-0.05, 0) is 0 Å². The Balaban J connectivity index is 0.000000272. The van der Waals surface area contributed by atoms with E-state index in [9.17, 15) is 0 Å². The second-order valence-electron chi connectivity index (χ2n) is 5.68. The van der Waals surface area contributed by atoms with Crippen LogP contribution in [0.5, 0.6) is 0 Å². The highest BCUT2D eigenvalue weighted by Gasteiger charge is 2.21. The lowest BCUT2D eigenvalue weighted by Gasteiger charge is -2.41. The molecule has 2 fully saturated rings. The van der Waals surface area contributed by atoms with Crippen molar-refractivity contribution in [2.75, 3.05) is 89.5 Å². The fraction of sp³-hybridized carbons (Fsp3) is 1.00. The first kappa shape index (κ1) is 22.4. The van der Waals surface area contributed by atoms with E-state index in [1.807, 2.05) is 23.5 Å². The Bertz CT molecular complexity index is 265. The van der Waals surface area contributed by atoms with Gasteiger partial charge in [-0.1, -0.05) is 0 Å². The normalized spacial score (nSPS) is 21.5. The third kappa shape index (κ3) is 9.76. The first-order chi connectivity index (χ1) is 11.7. The minimum Gasteiger partial charge on any atom is -0.395 e. The summed E-state index contributed by atoms with van der Waals surface area (Å²) in [5.74, 6) is 2.18. The molecule has 2 heterocycles. The molecule has 0 aromatic heterocycles. The molecule has 0 spiro atoms. The lowest BCUT2D eigenvalue weighted by atomic mass is 10.4. The van der Waals surface area contributed by atoms with Gasteiger partial charge in [0.05, 0.1) is 46.4 Å². The van der Waals surface area contributed by atoms with Gasteiger partial charge in [0.25, 0.3) is 0 Å². The zero-order chi connectivity index (χ0) is 17.6. The van der Waals surface area contributed by atoms with E-state index >= 15 is 0 Å². The largest absolute Gasteiger partial charge is 0.395 e. The van der Waals surface area contributed by atoms with Gasteiger partial charge in [0.15, 0.2) is 0 Å². The Morgan fingerprint density at radius 3 is 1.21 bits per heavy atom. The van der Waals surface area contributed by atoms with Crippen LogP contribution in [-0.4, -0.2) is 129 Å². The molecule has 2 aliphatic rings. The SMILES string of the molecule is OCCN1CN(CCO)CN(CCO)C1.OCCN1CSCSC1. The van der Waals surface area contributed by atoms with Crippen LogP contribution >= 0.6 is 23.5 Å². The summed E-state index contributed by atoms with van der Waals surface area (Å²) < 4.78 is 0. The van der Waals surface area contributed by atoms with Gasteiger partial charge in [0.1, 0.15) is 0 Å². The van der Waals surface area contributed by atoms with Crippen molar-refractivity contribution in [2.24, 2.45) is 0 Å². The van der Waals surface area contributed by atoms with E-state index < -0.39 is 0 Å². The molecule has 0 radical (unpaired) electrons. The van der Waals surface area contributed by atoms with Crippen molar-refractivity contribution in [3.63, 3.8) is 0 Å². The molecule has 0 unspecified atom stereocenters. The Morgan fingerprint density at radius 1 is 0.542 bits per heavy atom. The molecule has 0 aromatic carbocycles. The predicted octanol–water partition coefficient (Wildman–Crippen LogP) is -1.61. The van der Waals surface area contributed by atoms with Crippen molar-refractivity contribution < 1.29 is 20.4 Å². The maximum absolute atomic E-state index is 8.87. The minimum atomic E-state index is 0.139. The Kier molecular flexibility index (Phi) is 13.6. The smallest absolute Gasteiger partial charge is 0.0559 e. The van der Waals surface area contributed by atoms with Crippen LogP contribution in [-0.2, 0) is 0 Å². The first-order valence-corrected chi connectivity index (χ1v) is 10.5. The monoisotopic (exact) mass is 384 g/mol. The summed E-state index contributed by atoms with van der Waals surface area (Å²) in [6.45, 7) is 5.73. The second kappa shape index (κ2) is 14.5. The van der Waals surface area contributed by atoms with Gasteiger partial charge < -0.3 is 20.4 Å². The van der Waals surface area contributed by atoms with Crippen LogP contribution in [0.3, 0.4) is 0 Å². The highest BCUT2D eigenvalue weighted by atomic mass is 32.2. The van der Waals surface area contributed by atoms with Crippen molar-refractivity contribution >= 4 is 23.5 Å². The summed E-state index contributed by atoms with van der Waals surface area (Å²) >= 11 is 3.84. The van der Waals surface area contributed by atoms with Crippen LogP contribution in [0, 0.1) is 0 Å². The van der Waals surface area contributed by atoms with Gasteiger partial charge in [0.2, 0.25) is 0 Å². The molecule has 8 nitrogen and oxygen atoms in total. The average molecular weight is 385 g/mol. The Hall–Kier alpha value is 0.380. The number of rotatable bonds is 8. The lowest BCUT2D eigenvalue weighted by molar-refractivity contribution is -0.0448. The van der Waals surface area contributed by atoms with Crippen molar-refractivity contribution in [3.8, 4) is 0 Å². The summed E-state index contributed by atoms with van der Waals surface area (Å²) in [5.41, 5.74) is 0. The predicted molar refractivity (Wildman–Crippen MR) is 99.6 cm³/mol. The highest BCUT2D eigenvalue weighted by molar-refractivity contribution is 8.16. The molecule has 2 rings (SSSR count). The number of thioether (sulfide) groups is 2. The summed E-state index contributed by atoms with van der Waals surface area (Å²) in [6.07, 6.45) is 0. The van der Waals surface area contributed by atoms with Crippen LogP contribution < -0.4 is 0 Å². The maximum atomic E-state index is 8.87. The number of aliphatic hydroxyl groups excluding tert-OH is 4. The maximum Gasteiger partial charge on any atom is 0.0559 e. The molecule has 10 heteroatoms. The van der Waals surface area contributed by atoms with E-state index in [2.05, 4.69) is 19.6 Å². The molecule has 0 amide bonds. The molecular weight excluding hydrogens is 352 g/mol. The summed E-state index contributed by atoms with van der Waals surface area (Å²) in [7, 11) is 0. The minimum absolute atomic E-state index is 0.139. The van der Waals surface area contributed by atoms with Crippen LogP contribution in [0.15, 0.2) is 0 Å². The number of β-amino-alcohol motifs (C(OH)–C–C–N with tert-alkyl or cyclic N) is 4. The Labute approximate surface area is 153 Å². The molecular formula is C14H32N4O4S2. The molecule has 0 atom stereocenters. The van der Waals surface area contributed by atoms with Gasteiger partial charge in [-0.15, -0.1) is 23.5 Å². The van der Waals surface area contributed by atoms with E-state index in [1.165, 1.54) is 5.08 Å². The van der Waals surface area contributed by atoms with Crippen LogP contribution in [0.1, 0.15) is 0 Å². The van der Waals surface area contributed by atoms with Crippen LogP contribution in [0.2, 0.25) is 0 Å². The summed E-state index contributed by atoms with van der Waals surface area (Å²) in [6, 6.07) is 0. The number of hydrogen-bond donors (Lipinski definition) is 4. The third-order valence-corrected chi connectivity index (χ3v) is 6.01. The molecule has 2 aliphatic heterocycles. The quantitative estimate of drug-likeness (QED) is 0.392. The number of hydrogen-bond acceptors (Lipinski definition) is 10. The third-order valence-electron chi connectivity index (χ3n) is 3.58. The van der Waals surface area contributed by atoms with Gasteiger partial charge in [-0.25, -0.2) is 0 Å². The molecule has 0 aromatic rings. The van der Waals surface area contributed by atoms with Crippen molar-refractivity contribution in [2.45, 2.75) is 0 Å². The molecule has 4 N–H and O–H groups in total. The van der Waals surface area contributed by atoms with E-state index in [4.69, 9.17) is 20.4 Å². The Morgan fingerprint density at radius 2 is 0.875 bits per heavy atom. The highest BCUT2D eigenvalue weighted by Crippen LogP contribution is 2.20. The van der Waals surface area contributed by atoms with Crippen molar-refractivity contribution in [1.82, 2.24) is 19.6 Å². The number of nitrogens with zero attached hydrogens (tertiary/aromatic N) is 4. The fourth-order valence-corrected chi connectivity index (χ4v) is 4.67. The second-order valence-corrected chi connectivity index (χ2v) is 7.96. The molecule has 144 valence electrons. The van der Waals surface area contributed by atoms with Gasteiger partial charge >= 0.3 is 0 Å². The molecule has 2 saturated heterocycles. The van der Waals surface area contributed by atoms with Crippen molar-refractivity contribution in [1.29, 1.82) is 0 Å². The van der Waals surface area contributed by atoms with Gasteiger partial charge in [0, 0.05) is 43.0 Å². The standard InChI is InChI=1S/C9H21N3O3.C5H11NOS2/c13-4-1-10-7-11(2-5-14)9-12(8-10)3-6-15;7-2-1-6-3-8-5-9-4-6/h13-15H,1-9H2;7H,1-5H2. The fourth-order valence-electron chi connectivity index (χ4n) is 2.53. The zero-order valence-corrected chi connectivity index (χ0v) is 15.9. The van der Waals surface area contributed by atoms with Crippen LogP contribution in [0.25, 0.3) is 0 Å². The number of aliphatic hydroxyl groups is 4. The van der Waals surface area contributed by atoms with E-state index in [-0.39, 0.29) is 19.8 Å². The molecule has 0 bridgehead atoms. The summed E-state index contributed by atoms with van der Waals surface area (Å²) in [5, 5.41) is 36.4. The first-order valence-electron chi connectivity index (χ1n) is 8.21. The van der Waals surface area contributed by atoms with Gasteiger partial charge in [-0.3, -0.25) is 19.6 Å². The van der Waals surface area contributed by atoms with Crippen LogP contribution in [0.4, 0.5) is 0 Å². The molecule has 0 aliphatic carbocycles. The molecule has 24 heavy (non-hydrogen) atoms. The average Bonchev–Trinajstić information content (AvgIpc) is 2.57.